The number of hydrogen-bond donors (Lipinski definition) is 1. The van der Waals surface area contributed by atoms with E-state index in [-0.39, 0.29) is 0 Å². The van der Waals surface area contributed by atoms with Gasteiger partial charge in [0.2, 0.25) is 0 Å². The van der Waals surface area contributed by atoms with E-state index in [4.69, 9.17) is 6.42 Å². The average molecular weight is 224 g/mol. The molecule has 0 aromatic carbocycles. The molecule has 0 bridgehead atoms. The summed E-state index contributed by atoms with van der Waals surface area (Å²) < 4.78 is 0. The second-order valence-electron chi connectivity index (χ2n) is 4.82. The summed E-state index contributed by atoms with van der Waals surface area (Å²) in [5.74, 6) is 3.45. The molecule has 1 N–H and O–H groups in total. The van der Waals surface area contributed by atoms with Crippen LogP contribution in [0.25, 0.3) is 5.57 Å². The Kier molecular flexibility index (Phi) is 2.70. The number of fused-ring (bicyclic) bond motifs is 1. The zero-order chi connectivity index (χ0) is 11.7. The molecule has 0 saturated carbocycles. The molecule has 86 valence electrons. The summed E-state index contributed by atoms with van der Waals surface area (Å²) in [6, 6.07) is 2.58. The second kappa shape index (κ2) is 4.35. The molecule has 17 heavy (non-hydrogen) atoms. The molecule has 2 heterocycles. The summed E-state index contributed by atoms with van der Waals surface area (Å²) in [6.45, 7) is 1.13. The van der Waals surface area contributed by atoms with E-state index in [2.05, 4.69) is 28.4 Å². The Morgan fingerprint density at radius 1 is 1.35 bits per heavy atom. The van der Waals surface area contributed by atoms with Gasteiger partial charge in [-0.25, -0.2) is 0 Å². The Hall–Kier alpha value is -1.59. The van der Waals surface area contributed by atoms with E-state index in [0.717, 1.165) is 18.0 Å². The predicted molar refractivity (Wildman–Crippen MR) is 69.3 cm³/mol. The molecule has 2 atom stereocenters. The van der Waals surface area contributed by atoms with Crippen molar-refractivity contribution in [2.45, 2.75) is 25.3 Å². The Morgan fingerprint density at radius 2 is 2.29 bits per heavy atom. The Balaban J connectivity index is 1.97. The minimum Gasteiger partial charge on any atom is -0.310 e. The third-order valence-electron chi connectivity index (χ3n) is 3.83. The number of allylic oxidation sites excluding steroid dienone is 1. The number of terminal acetylenes is 1. The van der Waals surface area contributed by atoms with Crippen molar-refractivity contribution in [1.29, 1.82) is 0 Å². The van der Waals surface area contributed by atoms with E-state index in [1.807, 2.05) is 6.20 Å². The van der Waals surface area contributed by atoms with Gasteiger partial charge in [0.15, 0.2) is 0 Å². The molecule has 2 nitrogen and oxygen atoms in total. The van der Waals surface area contributed by atoms with Crippen LogP contribution in [0.1, 0.15) is 30.4 Å². The van der Waals surface area contributed by atoms with Crippen LogP contribution in [0.2, 0.25) is 0 Å². The molecule has 3 rings (SSSR count). The van der Waals surface area contributed by atoms with Gasteiger partial charge in [-0.2, -0.15) is 0 Å². The van der Waals surface area contributed by atoms with Crippen molar-refractivity contribution >= 4 is 5.57 Å². The van der Waals surface area contributed by atoms with Crippen LogP contribution in [0.3, 0.4) is 0 Å². The van der Waals surface area contributed by atoms with E-state index >= 15 is 0 Å². The van der Waals surface area contributed by atoms with Crippen LogP contribution >= 0.6 is 0 Å². The molecule has 1 aliphatic heterocycles. The average Bonchev–Trinajstić information content (AvgIpc) is 2.87. The van der Waals surface area contributed by atoms with E-state index in [9.17, 15) is 0 Å². The topological polar surface area (TPSA) is 24.9 Å². The van der Waals surface area contributed by atoms with E-state index in [0.29, 0.717) is 6.04 Å². The molecular formula is C15H16N2. The lowest BCUT2D eigenvalue weighted by atomic mass is 9.82. The van der Waals surface area contributed by atoms with Crippen molar-refractivity contribution < 1.29 is 0 Å². The third-order valence-corrected chi connectivity index (χ3v) is 3.83. The van der Waals surface area contributed by atoms with E-state index < -0.39 is 0 Å². The Labute approximate surface area is 102 Å². The van der Waals surface area contributed by atoms with Crippen molar-refractivity contribution in [2.75, 3.05) is 6.54 Å². The molecule has 2 heteroatoms. The predicted octanol–water partition coefficient (Wildman–Crippen LogP) is 2.22. The lowest BCUT2D eigenvalue weighted by Gasteiger charge is -2.27. The normalized spacial score (nSPS) is 27.1. The monoisotopic (exact) mass is 224 g/mol. The number of rotatable bonds is 1. The van der Waals surface area contributed by atoms with E-state index in [1.165, 1.54) is 30.4 Å². The number of nitrogens with zero attached hydrogens (tertiary/aromatic N) is 1. The fourth-order valence-corrected chi connectivity index (χ4v) is 2.99. The van der Waals surface area contributed by atoms with Gasteiger partial charge in [-0.3, -0.25) is 4.98 Å². The van der Waals surface area contributed by atoms with Crippen LogP contribution in [0.4, 0.5) is 0 Å². The molecule has 1 aliphatic carbocycles. The lowest BCUT2D eigenvalue weighted by Crippen LogP contribution is -2.30. The molecule has 0 radical (unpaired) electrons. The van der Waals surface area contributed by atoms with Crippen LogP contribution in [0, 0.1) is 18.3 Å². The first kappa shape index (κ1) is 10.6. The summed E-state index contributed by atoms with van der Waals surface area (Å²) in [4.78, 5) is 4.23. The summed E-state index contributed by atoms with van der Waals surface area (Å²) >= 11 is 0. The van der Waals surface area contributed by atoms with Crippen LogP contribution in [-0.2, 0) is 0 Å². The summed E-state index contributed by atoms with van der Waals surface area (Å²) in [5.41, 5.74) is 3.44. The van der Waals surface area contributed by atoms with Gasteiger partial charge < -0.3 is 5.32 Å². The highest BCUT2D eigenvalue weighted by Gasteiger charge is 2.32. The molecule has 1 saturated heterocycles. The zero-order valence-corrected chi connectivity index (χ0v) is 9.82. The second-order valence-corrected chi connectivity index (χ2v) is 4.82. The van der Waals surface area contributed by atoms with Crippen LogP contribution < -0.4 is 5.32 Å². The van der Waals surface area contributed by atoms with Gasteiger partial charge in [0.05, 0.1) is 0 Å². The maximum Gasteiger partial charge on any atom is 0.0432 e. The van der Waals surface area contributed by atoms with Gasteiger partial charge in [0.25, 0.3) is 0 Å². The Morgan fingerprint density at radius 3 is 3.18 bits per heavy atom. The number of pyridine rings is 1. The number of nitrogens with one attached hydrogen (secondary N) is 1. The Bertz CT molecular complexity index is 496. The molecule has 1 aromatic heterocycles. The van der Waals surface area contributed by atoms with Gasteiger partial charge in [0.1, 0.15) is 0 Å². The minimum atomic E-state index is 0.513. The quantitative estimate of drug-likeness (QED) is 0.740. The van der Waals surface area contributed by atoms with Gasteiger partial charge in [-0.1, -0.05) is 12.0 Å². The van der Waals surface area contributed by atoms with Crippen LogP contribution in [0.15, 0.2) is 24.5 Å². The highest BCUT2D eigenvalue weighted by atomic mass is 15.0. The van der Waals surface area contributed by atoms with Crippen LogP contribution in [0.5, 0.6) is 0 Å². The molecule has 1 aromatic rings. The number of aromatic nitrogens is 1. The fraction of sp³-hybridized carbons (Fsp3) is 0.400. The van der Waals surface area contributed by atoms with Gasteiger partial charge in [0, 0.05) is 24.0 Å². The fourth-order valence-electron chi connectivity index (χ4n) is 2.99. The van der Waals surface area contributed by atoms with Gasteiger partial charge >= 0.3 is 0 Å². The first-order valence-corrected chi connectivity index (χ1v) is 6.24. The van der Waals surface area contributed by atoms with Crippen molar-refractivity contribution in [3.05, 3.63) is 35.7 Å². The minimum absolute atomic E-state index is 0.513. The van der Waals surface area contributed by atoms with Crippen molar-refractivity contribution in [2.24, 2.45) is 5.92 Å². The van der Waals surface area contributed by atoms with Crippen molar-refractivity contribution in [3.63, 3.8) is 0 Å². The standard InChI is InChI=1S/C15H16N2/c1-2-11-8-13(10-16-9-11)14-5-3-4-12-6-7-17-15(12)14/h1,5,8-10,12,15,17H,3-4,6-7H2/t12-,15+/m1/s1. The first-order valence-electron chi connectivity index (χ1n) is 6.24. The maximum atomic E-state index is 5.43. The molecule has 0 amide bonds. The highest BCUT2D eigenvalue weighted by Crippen LogP contribution is 2.35. The molecular weight excluding hydrogens is 208 g/mol. The SMILES string of the molecule is C#Cc1cncc(C2=CCC[C@@H]3CCN[C@H]23)c1. The molecule has 0 unspecified atom stereocenters. The third kappa shape index (κ3) is 1.87. The lowest BCUT2D eigenvalue weighted by molar-refractivity contribution is 0.470. The summed E-state index contributed by atoms with van der Waals surface area (Å²) in [6.07, 6.45) is 15.2. The molecule has 0 spiro atoms. The number of hydrogen-bond acceptors (Lipinski definition) is 2. The largest absolute Gasteiger partial charge is 0.310 e. The smallest absolute Gasteiger partial charge is 0.0432 e. The van der Waals surface area contributed by atoms with Crippen molar-refractivity contribution in [1.82, 2.24) is 10.3 Å². The zero-order valence-electron chi connectivity index (χ0n) is 9.82. The molecule has 1 fully saturated rings. The van der Waals surface area contributed by atoms with E-state index in [1.54, 1.807) is 6.20 Å². The highest BCUT2D eigenvalue weighted by molar-refractivity contribution is 5.71. The maximum absolute atomic E-state index is 5.43. The van der Waals surface area contributed by atoms with Crippen LogP contribution in [-0.4, -0.2) is 17.6 Å². The molecule has 2 aliphatic rings. The van der Waals surface area contributed by atoms with Gasteiger partial charge in [-0.05, 0) is 48.9 Å². The summed E-state index contributed by atoms with van der Waals surface area (Å²) in [5, 5.41) is 3.60. The summed E-state index contributed by atoms with van der Waals surface area (Å²) in [7, 11) is 0. The van der Waals surface area contributed by atoms with Crippen molar-refractivity contribution in [3.8, 4) is 12.3 Å². The van der Waals surface area contributed by atoms with Gasteiger partial charge in [-0.15, -0.1) is 6.42 Å². The first-order chi connectivity index (χ1) is 8.38.